The predicted octanol–water partition coefficient (Wildman–Crippen LogP) is 1.32. The van der Waals surface area contributed by atoms with Crippen molar-refractivity contribution in [2.45, 2.75) is 18.1 Å². The molecule has 1 heterocycles. The molecule has 86 valence electrons. The van der Waals surface area contributed by atoms with Gasteiger partial charge in [-0.2, -0.15) is 0 Å². The number of rotatable bonds is 3. The molecular formula is C11H12ClFN2O. The smallest absolute Gasteiger partial charge is 0.140 e. The van der Waals surface area contributed by atoms with Gasteiger partial charge in [-0.25, -0.2) is 4.39 Å². The van der Waals surface area contributed by atoms with Gasteiger partial charge in [0.15, 0.2) is 0 Å². The highest BCUT2D eigenvalue weighted by Crippen LogP contribution is 2.16. The second-order valence-corrected chi connectivity index (χ2v) is 4.23. The Labute approximate surface area is 98.2 Å². The van der Waals surface area contributed by atoms with Gasteiger partial charge in [0.2, 0.25) is 0 Å². The first-order valence-corrected chi connectivity index (χ1v) is 5.45. The lowest BCUT2D eigenvalue weighted by molar-refractivity contribution is -0.111. The summed E-state index contributed by atoms with van der Waals surface area (Å²) >= 11 is 5.92. The van der Waals surface area contributed by atoms with Crippen LogP contribution in [0, 0.1) is 5.82 Å². The predicted molar refractivity (Wildman–Crippen MR) is 59.4 cm³/mol. The molecule has 5 heteroatoms. The van der Waals surface area contributed by atoms with Crippen molar-refractivity contribution in [1.82, 2.24) is 10.2 Å². The number of carbonyl (C=O) groups is 1. The number of hydrogen-bond acceptors (Lipinski definition) is 3. The minimum Gasteiger partial charge on any atom is -0.302 e. The molecule has 0 aromatic heterocycles. The van der Waals surface area contributed by atoms with Crippen LogP contribution >= 0.6 is 11.6 Å². The molecular weight excluding hydrogens is 231 g/mol. The number of benzene rings is 1. The summed E-state index contributed by atoms with van der Waals surface area (Å²) in [5, 5.41) is 2.99. The first-order valence-electron chi connectivity index (χ1n) is 5.02. The number of aldehydes is 1. The average molecular weight is 243 g/mol. The highest BCUT2D eigenvalue weighted by atomic mass is 35.5. The fourth-order valence-electron chi connectivity index (χ4n) is 1.76. The second-order valence-electron chi connectivity index (χ2n) is 3.76. The summed E-state index contributed by atoms with van der Waals surface area (Å²) < 4.78 is 12.7. The summed E-state index contributed by atoms with van der Waals surface area (Å²) in [6.45, 7) is 1.15. The molecule has 1 saturated heterocycles. The van der Waals surface area contributed by atoms with Crippen LogP contribution in [0.4, 0.5) is 4.39 Å². The molecule has 1 fully saturated rings. The van der Waals surface area contributed by atoms with Crippen LogP contribution in [0.15, 0.2) is 24.3 Å². The molecule has 1 aliphatic heterocycles. The van der Waals surface area contributed by atoms with E-state index in [9.17, 15) is 9.18 Å². The molecule has 3 nitrogen and oxygen atoms in total. The molecule has 0 spiro atoms. The Kier molecular flexibility index (Phi) is 3.53. The van der Waals surface area contributed by atoms with Gasteiger partial charge in [-0.3, -0.25) is 10.2 Å². The maximum atomic E-state index is 12.7. The zero-order chi connectivity index (χ0) is 11.5. The summed E-state index contributed by atoms with van der Waals surface area (Å²) in [6, 6.07) is 5.91. The van der Waals surface area contributed by atoms with Crippen LogP contribution in [-0.4, -0.2) is 29.4 Å². The van der Waals surface area contributed by atoms with E-state index in [0.29, 0.717) is 13.2 Å². The van der Waals surface area contributed by atoms with E-state index in [4.69, 9.17) is 11.6 Å². The van der Waals surface area contributed by atoms with E-state index >= 15 is 0 Å². The average Bonchev–Trinajstić information content (AvgIpc) is 2.63. The third kappa shape index (κ3) is 2.40. The largest absolute Gasteiger partial charge is 0.302 e. The summed E-state index contributed by atoms with van der Waals surface area (Å²) in [5.41, 5.74) is 0.610. The highest BCUT2D eigenvalue weighted by Gasteiger charge is 2.31. The number of nitrogens with zero attached hydrogens (tertiary/aromatic N) is 1. The Balaban J connectivity index is 2.04. The van der Waals surface area contributed by atoms with E-state index in [1.54, 1.807) is 12.1 Å². The van der Waals surface area contributed by atoms with Crippen molar-refractivity contribution in [1.29, 1.82) is 0 Å². The molecule has 2 atom stereocenters. The molecule has 16 heavy (non-hydrogen) atoms. The van der Waals surface area contributed by atoms with E-state index in [0.717, 1.165) is 11.8 Å². The molecule has 2 rings (SSSR count). The van der Waals surface area contributed by atoms with Crippen LogP contribution in [0.5, 0.6) is 0 Å². The van der Waals surface area contributed by atoms with Crippen LogP contribution in [0.3, 0.4) is 0 Å². The van der Waals surface area contributed by atoms with Crippen molar-refractivity contribution in [3.05, 3.63) is 35.6 Å². The van der Waals surface area contributed by atoms with Crippen LogP contribution in [0.2, 0.25) is 0 Å². The van der Waals surface area contributed by atoms with E-state index in [-0.39, 0.29) is 17.4 Å². The Morgan fingerprint density at radius 3 is 2.81 bits per heavy atom. The van der Waals surface area contributed by atoms with Gasteiger partial charge in [0.05, 0.1) is 12.7 Å². The van der Waals surface area contributed by atoms with Crippen LogP contribution < -0.4 is 5.32 Å². The van der Waals surface area contributed by atoms with Gasteiger partial charge in [0.25, 0.3) is 0 Å². The minimum atomic E-state index is -0.349. The van der Waals surface area contributed by atoms with Gasteiger partial charge in [0.1, 0.15) is 17.6 Å². The lowest BCUT2D eigenvalue weighted by Gasteiger charge is -2.19. The minimum absolute atomic E-state index is 0.259. The van der Waals surface area contributed by atoms with E-state index in [1.807, 2.05) is 4.90 Å². The molecule has 1 N–H and O–H groups in total. The monoisotopic (exact) mass is 242 g/mol. The molecule has 1 aliphatic rings. The van der Waals surface area contributed by atoms with Gasteiger partial charge in [0, 0.05) is 6.54 Å². The Morgan fingerprint density at radius 1 is 1.50 bits per heavy atom. The molecule has 0 amide bonds. The van der Waals surface area contributed by atoms with E-state index < -0.39 is 0 Å². The van der Waals surface area contributed by atoms with Crippen LogP contribution in [-0.2, 0) is 11.3 Å². The zero-order valence-electron chi connectivity index (χ0n) is 8.57. The zero-order valence-corrected chi connectivity index (χ0v) is 9.32. The third-order valence-corrected chi connectivity index (χ3v) is 3.06. The van der Waals surface area contributed by atoms with Crippen LogP contribution in [0.1, 0.15) is 5.56 Å². The summed E-state index contributed by atoms with van der Waals surface area (Å²) in [7, 11) is 0. The Bertz CT molecular complexity index is 371. The molecule has 1 aromatic carbocycles. The number of alkyl halides is 1. The Hall–Kier alpha value is -0.970. The number of hydrogen-bond donors (Lipinski definition) is 1. The lowest BCUT2D eigenvalue weighted by atomic mass is 10.2. The number of nitrogens with one attached hydrogen (secondary N) is 1. The van der Waals surface area contributed by atoms with E-state index in [1.165, 1.54) is 12.1 Å². The lowest BCUT2D eigenvalue weighted by Crippen LogP contribution is -2.34. The van der Waals surface area contributed by atoms with Gasteiger partial charge in [-0.05, 0) is 17.7 Å². The highest BCUT2D eigenvalue weighted by molar-refractivity contribution is 6.22. The topological polar surface area (TPSA) is 32.3 Å². The fourth-order valence-corrected chi connectivity index (χ4v) is 2.04. The second kappa shape index (κ2) is 4.91. The molecule has 0 saturated carbocycles. The number of carbonyl (C=O) groups excluding carboxylic acids is 1. The van der Waals surface area contributed by atoms with Crippen molar-refractivity contribution in [2.75, 3.05) is 6.67 Å². The first-order chi connectivity index (χ1) is 7.70. The summed E-state index contributed by atoms with van der Waals surface area (Å²) in [4.78, 5) is 12.8. The third-order valence-electron chi connectivity index (χ3n) is 2.65. The molecule has 0 radical (unpaired) electrons. The van der Waals surface area contributed by atoms with Gasteiger partial charge in [-0.1, -0.05) is 12.1 Å². The molecule has 0 bridgehead atoms. The summed E-state index contributed by atoms with van der Waals surface area (Å²) in [5.74, 6) is -0.259. The van der Waals surface area contributed by atoms with Crippen molar-refractivity contribution >= 4 is 17.9 Å². The quantitative estimate of drug-likeness (QED) is 0.493. The molecule has 1 aromatic rings. The standard InChI is InChI=1S/C11H12ClFN2O/c12-11-10(6-16)15(7-14-11)5-8-1-3-9(13)4-2-8/h1-4,6,10-11,14H,5,7H2. The van der Waals surface area contributed by atoms with Gasteiger partial charge < -0.3 is 4.79 Å². The normalized spacial score (nSPS) is 25.9. The Morgan fingerprint density at radius 2 is 2.19 bits per heavy atom. The van der Waals surface area contributed by atoms with Crippen molar-refractivity contribution in [3.8, 4) is 0 Å². The van der Waals surface area contributed by atoms with Crippen molar-refractivity contribution < 1.29 is 9.18 Å². The molecule has 2 unspecified atom stereocenters. The summed E-state index contributed by atoms with van der Waals surface area (Å²) in [6.07, 6.45) is 0.835. The number of halogens is 2. The fraction of sp³-hybridized carbons (Fsp3) is 0.364. The van der Waals surface area contributed by atoms with Crippen molar-refractivity contribution in [2.24, 2.45) is 0 Å². The van der Waals surface area contributed by atoms with E-state index in [2.05, 4.69) is 5.32 Å². The SMILES string of the molecule is O=CC1C(Cl)NCN1Cc1ccc(F)cc1. The maximum Gasteiger partial charge on any atom is 0.140 e. The van der Waals surface area contributed by atoms with Crippen LogP contribution in [0.25, 0.3) is 0 Å². The first kappa shape index (κ1) is 11.5. The maximum absolute atomic E-state index is 12.7. The van der Waals surface area contributed by atoms with Crippen molar-refractivity contribution in [3.63, 3.8) is 0 Å². The molecule has 0 aliphatic carbocycles. The van der Waals surface area contributed by atoms with Gasteiger partial charge >= 0.3 is 0 Å². The van der Waals surface area contributed by atoms with Gasteiger partial charge in [-0.15, -0.1) is 11.6 Å².